The number of anilines is 4. The molecule has 1 aliphatic rings. The monoisotopic (exact) mass is 267 g/mol. The third kappa shape index (κ3) is 2.49. The number of nitrogens with zero attached hydrogens (tertiary/aromatic N) is 2. The molecule has 0 atom stereocenters. The number of para-hydroxylation sites is 4. The fourth-order valence-electron chi connectivity index (χ4n) is 2.69. The van der Waals surface area contributed by atoms with Crippen molar-refractivity contribution in [3.63, 3.8) is 0 Å². The van der Waals surface area contributed by atoms with Crippen molar-refractivity contribution >= 4 is 22.7 Å². The van der Waals surface area contributed by atoms with Gasteiger partial charge in [0, 0.05) is 6.54 Å². The van der Waals surface area contributed by atoms with E-state index < -0.39 is 0 Å². The Balaban J connectivity index is 1.91. The molecule has 3 heteroatoms. The normalized spacial score (nSPS) is 12.8. The first kappa shape index (κ1) is 13.0. The number of hydrogen-bond donors (Lipinski definition) is 1. The minimum absolute atomic E-state index is 1.04. The molecule has 0 bridgehead atoms. The zero-order valence-corrected chi connectivity index (χ0v) is 12.1. The quantitative estimate of drug-likeness (QED) is 0.908. The highest BCUT2D eigenvalue weighted by Crippen LogP contribution is 2.43. The van der Waals surface area contributed by atoms with Crippen LogP contribution in [0, 0.1) is 0 Å². The molecular weight excluding hydrogens is 246 g/mol. The average molecular weight is 267 g/mol. The van der Waals surface area contributed by atoms with E-state index in [1.54, 1.807) is 0 Å². The van der Waals surface area contributed by atoms with Gasteiger partial charge < -0.3 is 15.1 Å². The van der Waals surface area contributed by atoms with Crippen LogP contribution < -0.4 is 10.2 Å². The van der Waals surface area contributed by atoms with Gasteiger partial charge in [0.15, 0.2) is 0 Å². The predicted octanol–water partition coefficient (Wildman–Crippen LogP) is 3.83. The molecule has 3 nitrogen and oxygen atoms in total. The van der Waals surface area contributed by atoms with E-state index in [0.717, 1.165) is 19.5 Å². The lowest BCUT2D eigenvalue weighted by atomic mass is 10.1. The van der Waals surface area contributed by atoms with Crippen LogP contribution in [0.25, 0.3) is 0 Å². The molecule has 0 aromatic heterocycles. The fourth-order valence-corrected chi connectivity index (χ4v) is 2.69. The van der Waals surface area contributed by atoms with Gasteiger partial charge in [-0.1, -0.05) is 24.3 Å². The summed E-state index contributed by atoms with van der Waals surface area (Å²) < 4.78 is 0. The standard InChI is InChI=1S/C17H21N3/c1-19(2)12-7-13-20-16-10-5-3-8-14(16)18-15-9-4-6-11-17(15)20/h3-6,8-11,18H,7,12-13H2,1-2H3. The average Bonchev–Trinajstić information content (AvgIpc) is 2.46. The first-order chi connectivity index (χ1) is 9.75. The van der Waals surface area contributed by atoms with Crippen LogP contribution in [0.15, 0.2) is 48.5 Å². The number of hydrogen-bond acceptors (Lipinski definition) is 3. The summed E-state index contributed by atoms with van der Waals surface area (Å²) in [5.74, 6) is 0. The van der Waals surface area contributed by atoms with E-state index in [9.17, 15) is 0 Å². The number of nitrogens with one attached hydrogen (secondary N) is 1. The van der Waals surface area contributed by atoms with Crippen molar-refractivity contribution in [1.82, 2.24) is 4.90 Å². The van der Waals surface area contributed by atoms with Crippen molar-refractivity contribution in [2.75, 3.05) is 37.4 Å². The lowest BCUT2D eigenvalue weighted by Gasteiger charge is -2.34. The Kier molecular flexibility index (Phi) is 3.61. The van der Waals surface area contributed by atoms with Gasteiger partial charge in [-0.15, -0.1) is 0 Å². The van der Waals surface area contributed by atoms with E-state index in [-0.39, 0.29) is 0 Å². The molecule has 0 unspecified atom stereocenters. The predicted molar refractivity (Wildman–Crippen MR) is 86.3 cm³/mol. The topological polar surface area (TPSA) is 18.5 Å². The summed E-state index contributed by atoms with van der Waals surface area (Å²) in [6, 6.07) is 17.0. The maximum absolute atomic E-state index is 3.52. The molecule has 3 rings (SSSR count). The highest BCUT2D eigenvalue weighted by Gasteiger charge is 2.20. The second-order valence-corrected chi connectivity index (χ2v) is 5.47. The van der Waals surface area contributed by atoms with E-state index in [1.807, 2.05) is 0 Å². The second kappa shape index (κ2) is 5.55. The molecule has 0 aliphatic carbocycles. The largest absolute Gasteiger partial charge is 0.352 e. The van der Waals surface area contributed by atoms with Crippen molar-refractivity contribution in [2.45, 2.75) is 6.42 Å². The lowest BCUT2D eigenvalue weighted by Crippen LogP contribution is -2.26. The molecule has 1 heterocycles. The third-order valence-corrected chi connectivity index (χ3v) is 3.65. The third-order valence-electron chi connectivity index (χ3n) is 3.65. The summed E-state index contributed by atoms with van der Waals surface area (Å²) in [6.07, 6.45) is 1.15. The first-order valence-electron chi connectivity index (χ1n) is 7.13. The molecule has 20 heavy (non-hydrogen) atoms. The highest BCUT2D eigenvalue weighted by atomic mass is 15.2. The van der Waals surface area contributed by atoms with Gasteiger partial charge >= 0.3 is 0 Å². The smallest absolute Gasteiger partial charge is 0.0650 e. The summed E-state index contributed by atoms with van der Waals surface area (Å²) in [7, 11) is 4.25. The maximum atomic E-state index is 3.52. The summed E-state index contributed by atoms with van der Waals surface area (Å²) >= 11 is 0. The van der Waals surface area contributed by atoms with Crippen LogP contribution in [0.4, 0.5) is 22.7 Å². The van der Waals surface area contributed by atoms with E-state index in [4.69, 9.17) is 0 Å². The van der Waals surface area contributed by atoms with Crippen LogP contribution in [0.5, 0.6) is 0 Å². The van der Waals surface area contributed by atoms with Gasteiger partial charge in [0.2, 0.25) is 0 Å². The molecule has 0 saturated heterocycles. The highest BCUT2D eigenvalue weighted by molar-refractivity contribution is 5.91. The molecule has 0 saturated carbocycles. The van der Waals surface area contributed by atoms with Crippen LogP contribution >= 0.6 is 0 Å². The molecule has 0 fully saturated rings. The summed E-state index contributed by atoms with van der Waals surface area (Å²) in [6.45, 7) is 2.14. The number of benzene rings is 2. The molecule has 0 amide bonds. The van der Waals surface area contributed by atoms with E-state index >= 15 is 0 Å². The van der Waals surface area contributed by atoms with Gasteiger partial charge in [-0.3, -0.25) is 0 Å². The summed E-state index contributed by atoms with van der Waals surface area (Å²) in [5, 5.41) is 3.52. The van der Waals surface area contributed by atoms with Gasteiger partial charge in [0.25, 0.3) is 0 Å². The van der Waals surface area contributed by atoms with Crippen LogP contribution in [0.2, 0.25) is 0 Å². The zero-order chi connectivity index (χ0) is 13.9. The van der Waals surface area contributed by atoms with Crippen LogP contribution in [0.1, 0.15) is 6.42 Å². The fraction of sp³-hybridized carbons (Fsp3) is 0.294. The molecule has 104 valence electrons. The Morgan fingerprint density at radius 2 is 1.45 bits per heavy atom. The van der Waals surface area contributed by atoms with Gasteiger partial charge in [0.05, 0.1) is 22.7 Å². The Labute approximate surface area is 120 Å². The van der Waals surface area contributed by atoms with Crippen molar-refractivity contribution in [2.24, 2.45) is 0 Å². The minimum Gasteiger partial charge on any atom is -0.352 e. The van der Waals surface area contributed by atoms with Crippen molar-refractivity contribution in [1.29, 1.82) is 0 Å². The molecule has 1 N–H and O–H groups in total. The van der Waals surface area contributed by atoms with E-state index in [2.05, 4.69) is 77.7 Å². The van der Waals surface area contributed by atoms with Gasteiger partial charge in [-0.05, 0) is 51.3 Å². The first-order valence-corrected chi connectivity index (χ1v) is 7.13. The summed E-state index contributed by atoms with van der Waals surface area (Å²) in [5.41, 5.74) is 4.92. The Morgan fingerprint density at radius 3 is 2.00 bits per heavy atom. The van der Waals surface area contributed by atoms with Crippen LogP contribution in [-0.2, 0) is 0 Å². The number of rotatable bonds is 4. The molecule has 0 spiro atoms. The van der Waals surface area contributed by atoms with Crippen molar-refractivity contribution < 1.29 is 0 Å². The van der Waals surface area contributed by atoms with Crippen LogP contribution in [0.3, 0.4) is 0 Å². The molecule has 1 aliphatic heterocycles. The molecular formula is C17H21N3. The zero-order valence-electron chi connectivity index (χ0n) is 12.1. The Bertz CT molecular complexity index is 547. The van der Waals surface area contributed by atoms with Gasteiger partial charge in [0.1, 0.15) is 0 Å². The SMILES string of the molecule is CN(C)CCCN1c2ccccc2Nc2ccccc21. The maximum Gasteiger partial charge on any atom is 0.0650 e. The van der Waals surface area contributed by atoms with Crippen molar-refractivity contribution in [3.05, 3.63) is 48.5 Å². The van der Waals surface area contributed by atoms with Gasteiger partial charge in [-0.2, -0.15) is 0 Å². The van der Waals surface area contributed by atoms with Crippen LogP contribution in [-0.4, -0.2) is 32.1 Å². The minimum atomic E-state index is 1.04. The number of fused-ring (bicyclic) bond motifs is 2. The summed E-state index contributed by atoms with van der Waals surface area (Å²) in [4.78, 5) is 4.66. The molecule has 2 aromatic rings. The van der Waals surface area contributed by atoms with E-state index in [1.165, 1.54) is 22.7 Å². The Morgan fingerprint density at radius 1 is 0.900 bits per heavy atom. The lowest BCUT2D eigenvalue weighted by molar-refractivity contribution is 0.402. The van der Waals surface area contributed by atoms with Crippen molar-refractivity contribution in [3.8, 4) is 0 Å². The molecule has 0 radical (unpaired) electrons. The van der Waals surface area contributed by atoms with E-state index in [0.29, 0.717) is 0 Å². The molecule has 2 aromatic carbocycles. The second-order valence-electron chi connectivity index (χ2n) is 5.47. The Hall–Kier alpha value is -2.00. The van der Waals surface area contributed by atoms with Gasteiger partial charge in [-0.25, -0.2) is 0 Å².